The van der Waals surface area contributed by atoms with Crippen LogP contribution in [-0.4, -0.2) is 34.2 Å². The van der Waals surface area contributed by atoms with Gasteiger partial charge in [0.15, 0.2) is 10.9 Å². The number of carbonyl (C=O) groups is 1. The molecular weight excluding hydrogens is 262 g/mol. The van der Waals surface area contributed by atoms with Crippen LogP contribution >= 0.6 is 11.3 Å². The fourth-order valence-corrected chi connectivity index (χ4v) is 2.67. The highest BCUT2D eigenvalue weighted by atomic mass is 32.1. The number of thiazole rings is 1. The normalized spacial score (nSPS) is 18.5. The van der Waals surface area contributed by atoms with E-state index in [4.69, 9.17) is 0 Å². The summed E-state index contributed by atoms with van der Waals surface area (Å²) in [6.07, 6.45) is 4.15. The van der Waals surface area contributed by atoms with Gasteiger partial charge in [-0.3, -0.25) is 4.79 Å². The summed E-state index contributed by atoms with van der Waals surface area (Å²) in [6, 6.07) is 3.76. The minimum absolute atomic E-state index is 0.0223. The van der Waals surface area contributed by atoms with Gasteiger partial charge in [0.05, 0.1) is 5.92 Å². The predicted octanol–water partition coefficient (Wildman–Crippen LogP) is 1.40. The average molecular weight is 275 g/mol. The molecule has 7 heteroatoms. The van der Waals surface area contributed by atoms with Crippen molar-refractivity contribution in [3.05, 3.63) is 29.9 Å². The van der Waals surface area contributed by atoms with Crippen molar-refractivity contribution in [1.29, 1.82) is 0 Å². The molecule has 1 saturated heterocycles. The van der Waals surface area contributed by atoms with E-state index < -0.39 is 0 Å². The Morgan fingerprint density at radius 2 is 2.42 bits per heavy atom. The molecule has 98 valence electrons. The zero-order chi connectivity index (χ0) is 13.1. The highest BCUT2D eigenvalue weighted by Gasteiger charge is 2.29. The first-order valence-electron chi connectivity index (χ1n) is 6.06. The molecule has 1 N–H and O–H groups in total. The maximum Gasteiger partial charge on any atom is 0.231 e. The molecule has 1 fully saturated rings. The number of amides is 1. The minimum atomic E-state index is -0.0223. The van der Waals surface area contributed by atoms with Crippen LogP contribution in [-0.2, 0) is 4.79 Å². The molecule has 2 aromatic rings. The predicted molar refractivity (Wildman–Crippen MR) is 73.1 cm³/mol. The second-order valence-electron chi connectivity index (χ2n) is 4.34. The Bertz CT molecular complexity index is 545. The highest BCUT2D eigenvalue weighted by Crippen LogP contribution is 2.23. The molecule has 3 rings (SSSR count). The van der Waals surface area contributed by atoms with E-state index in [-0.39, 0.29) is 11.8 Å². The van der Waals surface area contributed by atoms with Crippen LogP contribution in [0.3, 0.4) is 0 Å². The summed E-state index contributed by atoms with van der Waals surface area (Å²) in [4.78, 5) is 18.2. The summed E-state index contributed by atoms with van der Waals surface area (Å²) in [7, 11) is 0. The molecule has 1 aliphatic heterocycles. The lowest BCUT2D eigenvalue weighted by Gasteiger charge is -2.15. The van der Waals surface area contributed by atoms with Crippen LogP contribution in [0.1, 0.15) is 6.42 Å². The number of nitrogens with zero attached hydrogens (tertiary/aromatic N) is 4. The molecule has 0 unspecified atom stereocenters. The summed E-state index contributed by atoms with van der Waals surface area (Å²) >= 11 is 1.43. The van der Waals surface area contributed by atoms with Crippen molar-refractivity contribution >= 4 is 28.2 Å². The van der Waals surface area contributed by atoms with Crippen molar-refractivity contribution in [3.63, 3.8) is 0 Å². The van der Waals surface area contributed by atoms with E-state index in [9.17, 15) is 4.79 Å². The third-order valence-corrected chi connectivity index (χ3v) is 3.79. The lowest BCUT2D eigenvalue weighted by Crippen LogP contribution is -2.27. The third kappa shape index (κ3) is 2.70. The zero-order valence-corrected chi connectivity index (χ0v) is 11.0. The molecule has 1 atom stereocenters. The number of carbonyl (C=O) groups excluding carboxylic acids is 1. The van der Waals surface area contributed by atoms with Gasteiger partial charge in [-0.05, 0) is 18.6 Å². The van der Waals surface area contributed by atoms with Crippen molar-refractivity contribution in [3.8, 4) is 0 Å². The van der Waals surface area contributed by atoms with E-state index in [2.05, 4.69) is 25.4 Å². The summed E-state index contributed by atoms with van der Waals surface area (Å²) in [5, 5.41) is 13.3. The molecule has 0 spiro atoms. The number of hydrogen-bond acceptors (Lipinski definition) is 6. The number of hydrogen-bond donors (Lipinski definition) is 1. The van der Waals surface area contributed by atoms with E-state index in [1.54, 1.807) is 12.4 Å². The Morgan fingerprint density at radius 1 is 1.47 bits per heavy atom. The summed E-state index contributed by atoms with van der Waals surface area (Å²) in [5.74, 6) is 0.833. The first-order valence-corrected chi connectivity index (χ1v) is 6.94. The van der Waals surface area contributed by atoms with Gasteiger partial charge in [0, 0.05) is 30.9 Å². The standard InChI is InChI=1S/C12H13N5OS/c18-11(15-12-13-5-7-19-12)9-3-6-17(8-9)10-2-1-4-14-16-10/h1-2,4-5,7,9H,3,6,8H2,(H,13,15,18)/t9-/m0/s1. The Morgan fingerprint density at radius 3 is 3.16 bits per heavy atom. The van der Waals surface area contributed by atoms with Crippen molar-refractivity contribution in [2.45, 2.75) is 6.42 Å². The lowest BCUT2D eigenvalue weighted by atomic mass is 10.1. The molecule has 0 saturated carbocycles. The number of nitrogens with one attached hydrogen (secondary N) is 1. The Balaban J connectivity index is 1.61. The van der Waals surface area contributed by atoms with Gasteiger partial charge < -0.3 is 10.2 Å². The Kier molecular flexibility index (Phi) is 3.37. The third-order valence-electron chi connectivity index (χ3n) is 3.10. The van der Waals surface area contributed by atoms with Crippen molar-refractivity contribution in [1.82, 2.24) is 15.2 Å². The summed E-state index contributed by atoms with van der Waals surface area (Å²) < 4.78 is 0. The van der Waals surface area contributed by atoms with Gasteiger partial charge in [-0.25, -0.2) is 4.98 Å². The molecule has 0 radical (unpaired) electrons. The summed E-state index contributed by atoms with van der Waals surface area (Å²) in [6.45, 7) is 1.50. The molecular formula is C12H13N5OS. The van der Waals surface area contributed by atoms with Crippen LogP contribution in [0.25, 0.3) is 0 Å². The van der Waals surface area contributed by atoms with Crippen LogP contribution in [0.4, 0.5) is 10.9 Å². The summed E-state index contributed by atoms with van der Waals surface area (Å²) in [5.41, 5.74) is 0. The fourth-order valence-electron chi connectivity index (χ4n) is 2.14. The van der Waals surface area contributed by atoms with Gasteiger partial charge in [-0.15, -0.1) is 16.4 Å². The van der Waals surface area contributed by atoms with Crippen LogP contribution in [0.15, 0.2) is 29.9 Å². The van der Waals surface area contributed by atoms with Crippen molar-refractivity contribution in [2.24, 2.45) is 5.92 Å². The molecule has 0 bridgehead atoms. The van der Waals surface area contributed by atoms with E-state index in [1.807, 2.05) is 17.5 Å². The van der Waals surface area contributed by atoms with Crippen molar-refractivity contribution < 1.29 is 4.79 Å². The maximum absolute atomic E-state index is 12.1. The van der Waals surface area contributed by atoms with E-state index >= 15 is 0 Å². The molecule has 19 heavy (non-hydrogen) atoms. The second kappa shape index (κ2) is 5.31. The van der Waals surface area contributed by atoms with Gasteiger partial charge >= 0.3 is 0 Å². The molecule has 1 amide bonds. The molecule has 6 nitrogen and oxygen atoms in total. The average Bonchev–Trinajstić information content (AvgIpc) is 3.10. The minimum Gasteiger partial charge on any atom is -0.354 e. The van der Waals surface area contributed by atoms with E-state index in [1.165, 1.54) is 11.3 Å². The highest BCUT2D eigenvalue weighted by molar-refractivity contribution is 7.13. The Labute approximate surface area is 114 Å². The second-order valence-corrected chi connectivity index (χ2v) is 5.23. The molecule has 3 heterocycles. The van der Waals surface area contributed by atoms with Crippen molar-refractivity contribution in [2.75, 3.05) is 23.3 Å². The first kappa shape index (κ1) is 12.0. The SMILES string of the molecule is O=C(Nc1nccs1)[C@H]1CCN(c2cccnn2)C1. The number of aromatic nitrogens is 3. The fraction of sp³-hybridized carbons (Fsp3) is 0.333. The van der Waals surface area contributed by atoms with Gasteiger partial charge in [0.1, 0.15) is 0 Å². The quantitative estimate of drug-likeness (QED) is 0.916. The monoisotopic (exact) mass is 275 g/mol. The van der Waals surface area contributed by atoms with E-state index in [0.717, 1.165) is 18.8 Å². The molecule has 0 aromatic carbocycles. The van der Waals surface area contributed by atoms with Gasteiger partial charge in [-0.1, -0.05) is 0 Å². The smallest absolute Gasteiger partial charge is 0.231 e. The topological polar surface area (TPSA) is 71.0 Å². The van der Waals surface area contributed by atoms with Crippen LogP contribution < -0.4 is 10.2 Å². The Hall–Kier alpha value is -2.02. The van der Waals surface area contributed by atoms with Crippen LogP contribution in [0, 0.1) is 5.92 Å². The van der Waals surface area contributed by atoms with Crippen LogP contribution in [0.5, 0.6) is 0 Å². The molecule has 1 aliphatic rings. The zero-order valence-electron chi connectivity index (χ0n) is 10.2. The van der Waals surface area contributed by atoms with Gasteiger partial charge in [-0.2, -0.15) is 5.10 Å². The van der Waals surface area contributed by atoms with Gasteiger partial charge in [0.25, 0.3) is 0 Å². The number of rotatable bonds is 3. The molecule has 2 aromatic heterocycles. The maximum atomic E-state index is 12.1. The largest absolute Gasteiger partial charge is 0.354 e. The van der Waals surface area contributed by atoms with Crippen LogP contribution in [0.2, 0.25) is 0 Å². The molecule has 0 aliphatic carbocycles. The van der Waals surface area contributed by atoms with E-state index in [0.29, 0.717) is 11.7 Å². The first-order chi connectivity index (χ1) is 9.33. The lowest BCUT2D eigenvalue weighted by molar-refractivity contribution is -0.119. The number of anilines is 2. The van der Waals surface area contributed by atoms with Gasteiger partial charge in [0.2, 0.25) is 5.91 Å².